The van der Waals surface area contributed by atoms with Crippen molar-refractivity contribution < 1.29 is 4.79 Å². The Balaban J connectivity index is 2.27. The molecule has 0 spiro atoms. The zero-order valence-corrected chi connectivity index (χ0v) is 13.4. The number of thiazole rings is 1. The molecule has 2 aromatic heterocycles. The number of hydrogen-bond donors (Lipinski definition) is 2. The third-order valence-corrected chi connectivity index (χ3v) is 4.22. The lowest BCUT2D eigenvalue weighted by molar-refractivity contribution is 0.100. The van der Waals surface area contributed by atoms with Crippen molar-refractivity contribution in [2.75, 3.05) is 5.73 Å². The molecule has 0 unspecified atom stereocenters. The molecule has 0 aliphatic heterocycles. The van der Waals surface area contributed by atoms with Gasteiger partial charge in [-0.25, -0.2) is 9.67 Å². The number of fused-ring (bicyclic) bond motifs is 1. The van der Waals surface area contributed by atoms with Crippen LogP contribution in [0.1, 0.15) is 31.1 Å². The van der Waals surface area contributed by atoms with Gasteiger partial charge in [0.05, 0.1) is 21.3 Å². The van der Waals surface area contributed by atoms with Gasteiger partial charge in [0, 0.05) is 5.56 Å². The van der Waals surface area contributed by atoms with Gasteiger partial charge < -0.3 is 11.5 Å². The summed E-state index contributed by atoms with van der Waals surface area (Å²) in [6.45, 7) is 5.90. The molecule has 22 heavy (non-hydrogen) atoms. The van der Waals surface area contributed by atoms with Gasteiger partial charge in [-0.2, -0.15) is 5.10 Å². The summed E-state index contributed by atoms with van der Waals surface area (Å²) in [5, 5.41) is 4.53. The number of aromatic nitrogens is 3. The molecule has 4 N–H and O–H groups in total. The van der Waals surface area contributed by atoms with E-state index in [0.717, 1.165) is 15.8 Å². The Labute approximate surface area is 131 Å². The number of benzene rings is 1. The first kappa shape index (κ1) is 14.5. The lowest BCUT2D eigenvalue weighted by atomic mass is 10.1. The van der Waals surface area contributed by atoms with Crippen LogP contribution in [-0.4, -0.2) is 20.7 Å². The topological polar surface area (TPSA) is 99.8 Å². The van der Waals surface area contributed by atoms with Gasteiger partial charge in [-0.15, -0.1) is 11.3 Å². The SMILES string of the molecule is CC(C)(C)n1nc(-c2ccc3scnc3c2)c(C(N)=O)c1N. The van der Waals surface area contributed by atoms with Crippen LogP contribution in [0.3, 0.4) is 0 Å². The standard InChI is InChI=1S/C15H17N5OS/c1-15(2,3)20-13(16)11(14(17)21)12(19-20)8-4-5-10-9(6-8)18-7-22-10/h4-7H,16H2,1-3H3,(H2,17,21). The second-order valence-corrected chi connectivity index (χ2v) is 6.98. The molecular formula is C15H17N5OS. The van der Waals surface area contributed by atoms with Gasteiger partial charge >= 0.3 is 0 Å². The van der Waals surface area contributed by atoms with Crippen molar-refractivity contribution in [1.29, 1.82) is 0 Å². The van der Waals surface area contributed by atoms with E-state index in [1.807, 2.05) is 39.0 Å². The van der Waals surface area contributed by atoms with Gasteiger partial charge in [0.1, 0.15) is 17.1 Å². The number of carbonyl (C=O) groups excluding carboxylic acids is 1. The van der Waals surface area contributed by atoms with Gasteiger partial charge in [-0.05, 0) is 32.9 Å². The molecule has 0 fully saturated rings. The predicted octanol–water partition coefficient (Wildman–Crippen LogP) is 2.60. The van der Waals surface area contributed by atoms with Gasteiger partial charge in [0.25, 0.3) is 5.91 Å². The maximum atomic E-state index is 11.8. The highest BCUT2D eigenvalue weighted by Gasteiger charge is 2.26. The molecule has 2 heterocycles. The Hall–Kier alpha value is -2.41. The number of amides is 1. The summed E-state index contributed by atoms with van der Waals surface area (Å²) in [5.41, 5.74) is 15.4. The van der Waals surface area contributed by atoms with Crippen LogP contribution < -0.4 is 11.5 Å². The zero-order chi connectivity index (χ0) is 16.1. The number of nitrogens with zero attached hydrogens (tertiary/aromatic N) is 3. The van der Waals surface area contributed by atoms with Crippen molar-refractivity contribution >= 4 is 33.3 Å². The van der Waals surface area contributed by atoms with Gasteiger partial charge in [0.2, 0.25) is 0 Å². The van der Waals surface area contributed by atoms with E-state index in [-0.39, 0.29) is 16.9 Å². The third-order valence-electron chi connectivity index (χ3n) is 3.41. The quantitative estimate of drug-likeness (QED) is 0.759. The fourth-order valence-corrected chi connectivity index (χ4v) is 3.05. The van der Waals surface area contributed by atoms with Crippen LogP contribution >= 0.6 is 11.3 Å². The van der Waals surface area contributed by atoms with Gasteiger partial charge in [0.15, 0.2) is 0 Å². The fourth-order valence-electron chi connectivity index (χ4n) is 2.39. The number of carbonyl (C=O) groups is 1. The Bertz CT molecular complexity index is 872. The molecular weight excluding hydrogens is 298 g/mol. The molecule has 0 radical (unpaired) electrons. The fraction of sp³-hybridized carbons (Fsp3) is 0.267. The van der Waals surface area contributed by atoms with Crippen molar-refractivity contribution in [2.45, 2.75) is 26.3 Å². The minimum Gasteiger partial charge on any atom is -0.383 e. The molecule has 3 aromatic rings. The Morgan fingerprint density at radius 3 is 2.68 bits per heavy atom. The second-order valence-electron chi connectivity index (χ2n) is 6.09. The Kier molecular flexibility index (Phi) is 3.17. The molecule has 7 heteroatoms. The molecule has 6 nitrogen and oxygen atoms in total. The first-order valence-electron chi connectivity index (χ1n) is 6.81. The molecule has 0 aliphatic rings. The summed E-state index contributed by atoms with van der Waals surface area (Å²) in [5.74, 6) is -0.297. The number of hydrogen-bond acceptors (Lipinski definition) is 5. The first-order chi connectivity index (χ1) is 10.3. The number of rotatable bonds is 2. The summed E-state index contributed by atoms with van der Waals surface area (Å²) in [6, 6.07) is 5.76. The normalized spacial score (nSPS) is 12.0. The van der Waals surface area contributed by atoms with E-state index in [0.29, 0.717) is 5.69 Å². The molecule has 0 atom stereocenters. The maximum Gasteiger partial charge on any atom is 0.254 e. The number of nitrogens with two attached hydrogens (primary N) is 2. The maximum absolute atomic E-state index is 11.8. The lowest BCUT2D eigenvalue weighted by Crippen LogP contribution is -2.25. The van der Waals surface area contributed by atoms with Crippen LogP contribution in [0.2, 0.25) is 0 Å². The molecule has 0 aliphatic carbocycles. The van der Waals surface area contributed by atoms with Crippen LogP contribution in [0.25, 0.3) is 21.5 Å². The molecule has 114 valence electrons. The number of nitrogen functional groups attached to an aromatic ring is 1. The third kappa shape index (κ3) is 2.23. The molecule has 0 saturated heterocycles. The highest BCUT2D eigenvalue weighted by molar-refractivity contribution is 7.16. The van der Waals surface area contributed by atoms with Crippen LogP contribution in [0.4, 0.5) is 5.82 Å². The van der Waals surface area contributed by atoms with Crippen LogP contribution in [-0.2, 0) is 5.54 Å². The molecule has 0 bridgehead atoms. The van der Waals surface area contributed by atoms with E-state index in [1.54, 1.807) is 21.5 Å². The van der Waals surface area contributed by atoms with E-state index in [1.165, 1.54) is 0 Å². The average molecular weight is 315 g/mol. The van der Waals surface area contributed by atoms with E-state index < -0.39 is 5.91 Å². The van der Waals surface area contributed by atoms with Gasteiger partial charge in [-0.3, -0.25) is 4.79 Å². The van der Waals surface area contributed by atoms with E-state index >= 15 is 0 Å². The summed E-state index contributed by atoms with van der Waals surface area (Å²) in [6.07, 6.45) is 0. The minimum atomic E-state index is -0.582. The van der Waals surface area contributed by atoms with Crippen molar-refractivity contribution in [3.05, 3.63) is 29.3 Å². The highest BCUT2D eigenvalue weighted by atomic mass is 32.1. The molecule has 1 amide bonds. The number of anilines is 1. The molecule has 1 aromatic carbocycles. The van der Waals surface area contributed by atoms with Crippen LogP contribution in [0.5, 0.6) is 0 Å². The van der Waals surface area contributed by atoms with E-state index in [9.17, 15) is 4.79 Å². The summed E-state index contributed by atoms with van der Waals surface area (Å²) in [4.78, 5) is 16.1. The summed E-state index contributed by atoms with van der Waals surface area (Å²) >= 11 is 1.56. The van der Waals surface area contributed by atoms with E-state index in [4.69, 9.17) is 11.5 Å². The van der Waals surface area contributed by atoms with E-state index in [2.05, 4.69) is 10.1 Å². The van der Waals surface area contributed by atoms with Crippen molar-refractivity contribution in [3.8, 4) is 11.3 Å². The first-order valence-corrected chi connectivity index (χ1v) is 7.69. The number of primary amides is 1. The smallest absolute Gasteiger partial charge is 0.254 e. The van der Waals surface area contributed by atoms with Crippen molar-refractivity contribution in [2.24, 2.45) is 5.73 Å². The van der Waals surface area contributed by atoms with Gasteiger partial charge in [-0.1, -0.05) is 6.07 Å². The predicted molar refractivity (Wildman–Crippen MR) is 88.8 cm³/mol. The largest absolute Gasteiger partial charge is 0.383 e. The van der Waals surface area contributed by atoms with Crippen molar-refractivity contribution in [3.63, 3.8) is 0 Å². The highest BCUT2D eigenvalue weighted by Crippen LogP contribution is 2.32. The minimum absolute atomic E-state index is 0.254. The van der Waals surface area contributed by atoms with Crippen molar-refractivity contribution in [1.82, 2.24) is 14.8 Å². The Morgan fingerprint density at radius 2 is 2.05 bits per heavy atom. The molecule has 3 rings (SSSR count). The van der Waals surface area contributed by atoms with Crippen LogP contribution in [0, 0.1) is 0 Å². The molecule has 0 saturated carbocycles. The monoisotopic (exact) mass is 315 g/mol. The zero-order valence-electron chi connectivity index (χ0n) is 12.6. The lowest BCUT2D eigenvalue weighted by Gasteiger charge is -2.20. The average Bonchev–Trinajstić information content (AvgIpc) is 3.00. The Morgan fingerprint density at radius 1 is 1.32 bits per heavy atom. The summed E-state index contributed by atoms with van der Waals surface area (Å²) < 4.78 is 2.71. The summed E-state index contributed by atoms with van der Waals surface area (Å²) in [7, 11) is 0. The second kappa shape index (κ2) is 4.81. The van der Waals surface area contributed by atoms with Crippen LogP contribution in [0.15, 0.2) is 23.7 Å².